The molecule has 3 rings (SSSR count). The summed E-state index contributed by atoms with van der Waals surface area (Å²) in [5.74, 6) is -1.82. The fourth-order valence-corrected chi connectivity index (χ4v) is 3.42. The summed E-state index contributed by atoms with van der Waals surface area (Å²) >= 11 is 6.05. The number of hydrogen-bond acceptors (Lipinski definition) is 4. The van der Waals surface area contributed by atoms with Crippen LogP contribution >= 0.6 is 11.6 Å². The van der Waals surface area contributed by atoms with Crippen LogP contribution in [0.5, 0.6) is 0 Å². The van der Waals surface area contributed by atoms with Gasteiger partial charge in [0.1, 0.15) is 17.9 Å². The van der Waals surface area contributed by atoms with Gasteiger partial charge in [-0.05, 0) is 36.8 Å². The van der Waals surface area contributed by atoms with Gasteiger partial charge in [-0.2, -0.15) is 5.26 Å². The summed E-state index contributed by atoms with van der Waals surface area (Å²) in [6.07, 6.45) is 0.251. The number of imide groups is 1. The van der Waals surface area contributed by atoms with E-state index in [1.54, 1.807) is 24.3 Å². The summed E-state index contributed by atoms with van der Waals surface area (Å²) in [4.78, 5) is 38.3. The van der Waals surface area contributed by atoms with Crippen LogP contribution in [0.2, 0.25) is 5.02 Å². The zero-order chi connectivity index (χ0) is 21.2. The summed E-state index contributed by atoms with van der Waals surface area (Å²) in [5.41, 5.74) is -0.0179. The second-order valence-electron chi connectivity index (χ2n) is 6.65. The van der Waals surface area contributed by atoms with E-state index in [9.17, 15) is 18.8 Å². The Balaban J connectivity index is 1.72. The molecule has 1 heterocycles. The van der Waals surface area contributed by atoms with Crippen LogP contribution in [0.4, 0.5) is 14.9 Å². The number of carbonyl (C=O) groups is 3. The van der Waals surface area contributed by atoms with Gasteiger partial charge in [0.25, 0.3) is 5.91 Å². The Kier molecular flexibility index (Phi) is 5.52. The highest BCUT2D eigenvalue weighted by Gasteiger charge is 2.50. The second-order valence-corrected chi connectivity index (χ2v) is 7.06. The molecule has 0 spiro atoms. The summed E-state index contributed by atoms with van der Waals surface area (Å²) in [7, 11) is 0. The monoisotopic (exact) mass is 414 g/mol. The Hall–Kier alpha value is -3.44. The van der Waals surface area contributed by atoms with Crippen molar-refractivity contribution in [2.24, 2.45) is 0 Å². The number of nitrogens with one attached hydrogen (secondary N) is 2. The normalized spacial score (nSPS) is 18.3. The van der Waals surface area contributed by atoms with Crippen molar-refractivity contribution in [2.45, 2.75) is 18.9 Å². The molecule has 1 unspecified atom stereocenters. The molecule has 0 saturated carbocycles. The van der Waals surface area contributed by atoms with E-state index in [0.717, 1.165) is 22.6 Å². The van der Waals surface area contributed by atoms with Gasteiger partial charge in [0.05, 0.1) is 12.5 Å². The molecule has 0 radical (unpaired) electrons. The first-order chi connectivity index (χ1) is 13.7. The number of anilines is 1. The van der Waals surface area contributed by atoms with E-state index in [0.29, 0.717) is 5.69 Å². The number of nitrogens with zero attached hydrogens (tertiary/aromatic N) is 2. The number of benzene rings is 2. The average Bonchev–Trinajstić information content (AvgIpc) is 2.87. The lowest BCUT2D eigenvalue weighted by molar-refractivity contribution is -0.133. The Morgan fingerprint density at radius 2 is 1.97 bits per heavy atom. The molecule has 1 aliphatic rings. The van der Waals surface area contributed by atoms with Crippen LogP contribution in [0.25, 0.3) is 0 Å². The zero-order valence-corrected chi connectivity index (χ0v) is 16.1. The van der Waals surface area contributed by atoms with Crippen molar-refractivity contribution in [1.29, 1.82) is 5.26 Å². The summed E-state index contributed by atoms with van der Waals surface area (Å²) < 4.78 is 13.3. The van der Waals surface area contributed by atoms with Gasteiger partial charge in [0.2, 0.25) is 5.91 Å². The lowest BCUT2D eigenvalue weighted by Gasteiger charge is -2.23. The van der Waals surface area contributed by atoms with Crippen molar-refractivity contribution >= 4 is 35.1 Å². The van der Waals surface area contributed by atoms with E-state index in [1.807, 2.05) is 6.07 Å². The quantitative estimate of drug-likeness (QED) is 0.734. The molecule has 1 atom stereocenters. The van der Waals surface area contributed by atoms with Crippen LogP contribution in [-0.2, 0) is 21.5 Å². The van der Waals surface area contributed by atoms with Crippen molar-refractivity contribution in [3.8, 4) is 6.07 Å². The highest BCUT2D eigenvalue weighted by atomic mass is 35.5. The molecule has 148 valence electrons. The maximum absolute atomic E-state index is 13.3. The third-order valence-electron chi connectivity index (χ3n) is 4.57. The Bertz CT molecular complexity index is 1040. The molecule has 1 fully saturated rings. The van der Waals surface area contributed by atoms with Gasteiger partial charge in [0.15, 0.2) is 0 Å². The van der Waals surface area contributed by atoms with Crippen LogP contribution in [0.15, 0.2) is 42.5 Å². The number of halogens is 2. The van der Waals surface area contributed by atoms with E-state index in [2.05, 4.69) is 10.6 Å². The molecule has 4 amide bonds. The molecule has 0 aromatic heterocycles. The first kappa shape index (κ1) is 20.3. The van der Waals surface area contributed by atoms with E-state index in [4.69, 9.17) is 16.9 Å². The zero-order valence-electron chi connectivity index (χ0n) is 15.3. The molecule has 29 heavy (non-hydrogen) atoms. The van der Waals surface area contributed by atoms with Crippen LogP contribution in [0.3, 0.4) is 0 Å². The average molecular weight is 415 g/mol. The second kappa shape index (κ2) is 7.89. The van der Waals surface area contributed by atoms with E-state index in [1.165, 1.54) is 13.0 Å². The molecule has 9 heteroatoms. The Morgan fingerprint density at radius 3 is 2.59 bits per heavy atom. The fourth-order valence-electron chi connectivity index (χ4n) is 3.06. The van der Waals surface area contributed by atoms with Crippen molar-refractivity contribution < 1.29 is 18.8 Å². The first-order valence-electron chi connectivity index (χ1n) is 8.60. The molecular formula is C20H16ClFN4O3. The highest BCUT2D eigenvalue weighted by Crippen LogP contribution is 2.33. The molecule has 0 aliphatic carbocycles. The predicted molar refractivity (Wildman–Crippen MR) is 103 cm³/mol. The third-order valence-corrected chi connectivity index (χ3v) is 4.88. The van der Waals surface area contributed by atoms with Gasteiger partial charge in [-0.1, -0.05) is 29.8 Å². The van der Waals surface area contributed by atoms with E-state index >= 15 is 0 Å². The molecule has 7 nitrogen and oxygen atoms in total. The maximum atomic E-state index is 13.3. The number of urea groups is 1. The lowest BCUT2D eigenvalue weighted by Crippen LogP contribution is -2.42. The van der Waals surface area contributed by atoms with Crippen LogP contribution < -0.4 is 10.6 Å². The third kappa shape index (κ3) is 4.05. The van der Waals surface area contributed by atoms with Crippen molar-refractivity contribution in [2.75, 3.05) is 11.9 Å². The predicted octanol–water partition coefficient (Wildman–Crippen LogP) is 2.95. The molecule has 1 aliphatic heterocycles. The standard InChI is InChI=1S/C20H16ClFN4O3/c1-20(15-7-4-13(22)10-16(15)21)18(28)26(19(29)25-20)11-17(27)24-14-5-2-12(3-6-14)8-9-23/h2-7,10H,8,11H2,1H3,(H,24,27)(H,25,29). The summed E-state index contributed by atoms with van der Waals surface area (Å²) in [6, 6.07) is 11.4. The largest absolute Gasteiger partial charge is 0.325 e. The van der Waals surface area contributed by atoms with Gasteiger partial charge in [0, 0.05) is 16.3 Å². The van der Waals surface area contributed by atoms with Gasteiger partial charge in [-0.25, -0.2) is 9.18 Å². The lowest BCUT2D eigenvalue weighted by atomic mass is 9.92. The summed E-state index contributed by atoms with van der Waals surface area (Å²) in [6.45, 7) is 0.942. The summed E-state index contributed by atoms with van der Waals surface area (Å²) in [5, 5.41) is 13.8. The highest BCUT2D eigenvalue weighted by molar-refractivity contribution is 6.32. The number of rotatable bonds is 5. The van der Waals surface area contributed by atoms with Crippen molar-refractivity contribution in [1.82, 2.24) is 10.2 Å². The van der Waals surface area contributed by atoms with E-state index < -0.39 is 35.7 Å². The Labute approximate surface area is 171 Å². The van der Waals surface area contributed by atoms with Gasteiger partial charge < -0.3 is 10.6 Å². The van der Waals surface area contributed by atoms with Crippen molar-refractivity contribution in [3.63, 3.8) is 0 Å². The SMILES string of the molecule is CC1(c2ccc(F)cc2Cl)NC(=O)N(CC(=O)Nc2ccc(CC#N)cc2)C1=O. The van der Waals surface area contributed by atoms with Gasteiger partial charge in [-0.15, -0.1) is 0 Å². The van der Waals surface area contributed by atoms with Crippen LogP contribution in [0, 0.1) is 17.1 Å². The van der Waals surface area contributed by atoms with Crippen molar-refractivity contribution in [3.05, 3.63) is 64.4 Å². The number of amides is 4. The first-order valence-corrected chi connectivity index (χ1v) is 8.98. The molecule has 2 aromatic rings. The number of nitriles is 1. The van der Waals surface area contributed by atoms with Crippen LogP contribution in [-0.4, -0.2) is 29.3 Å². The maximum Gasteiger partial charge on any atom is 0.325 e. The topological polar surface area (TPSA) is 102 Å². The fraction of sp³-hybridized carbons (Fsp3) is 0.200. The molecule has 2 N–H and O–H groups in total. The molecule has 0 bridgehead atoms. The molecule has 2 aromatic carbocycles. The van der Waals surface area contributed by atoms with E-state index in [-0.39, 0.29) is 17.0 Å². The smallest absolute Gasteiger partial charge is 0.325 e. The molecular weight excluding hydrogens is 399 g/mol. The number of hydrogen-bond donors (Lipinski definition) is 2. The minimum Gasteiger partial charge on any atom is -0.325 e. The Morgan fingerprint density at radius 1 is 1.28 bits per heavy atom. The number of carbonyl (C=O) groups excluding carboxylic acids is 3. The molecule has 1 saturated heterocycles. The van der Waals surface area contributed by atoms with Gasteiger partial charge >= 0.3 is 6.03 Å². The van der Waals surface area contributed by atoms with Gasteiger partial charge in [-0.3, -0.25) is 14.5 Å². The van der Waals surface area contributed by atoms with Crippen LogP contribution in [0.1, 0.15) is 18.1 Å². The minimum absolute atomic E-state index is 0.00934. The minimum atomic E-state index is -1.51.